The van der Waals surface area contributed by atoms with Crippen LogP contribution in [0.1, 0.15) is 54.6 Å². The van der Waals surface area contributed by atoms with Crippen molar-refractivity contribution in [3.8, 4) is 0 Å². The molecule has 0 N–H and O–H groups in total. The normalized spacial score (nSPS) is 24.4. The standard InChI is InChI=1S/C22H33N5O3/c1-16-18(14-23-21(24-16)27-9-5-4-6-10-27)19(28)26-11-7-22(8-12-26)13-17(30-3)15-25(2)20(22)29/h14,17H,4-13,15H2,1-3H3. The smallest absolute Gasteiger partial charge is 0.257 e. The Kier molecular flexibility index (Phi) is 5.95. The topological polar surface area (TPSA) is 78.9 Å². The number of aryl methyl sites for hydroxylation is 1. The number of rotatable bonds is 3. The van der Waals surface area contributed by atoms with E-state index in [1.54, 1.807) is 18.2 Å². The molecule has 3 aliphatic heterocycles. The van der Waals surface area contributed by atoms with E-state index in [2.05, 4.69) is 14.9 Å². The summed E-state index contributed by atoms with van der Waals surface area (Å²) in [5.74, 6) is 0.878. The van der Waals surface area contributed by atoms with Gasteiger partial charge in [0.2, 0.25) is 11.9 Å². The Morgan fingerprint density at radius 2 is 1.87 bits per heavy atom. The molecule has 1 aromatic heterocycles. The molecule has 8 heteroatoms. The van der Waals surface area contributed by atoms with E-state index in [0.717, 1.165) is 44.0 Å². The molecule has 8 nitrogen and oxygen atoms in total. The molecule has 3 aliphatic rings. The Morgan fingerprint density at radius 1 is 1.17 bits per heavy atom. The molecule has 164 valence electrons. The maximum absolute atomic E-state index is 13.2. The van der Waals surface area contributed by atoms with E-state index in [0.29, 0.717) is 38.0 Å². The number of anilines is 1. The van der Waals surface area contributed by atoms with Crippen LogP contribution in [0.25, 0.3) is 0 Å². The molecule has 2 amide bonds. The Balaban J connectivity index is 1.43. The van der Waals surface area contributed by atoms with E-state index in [1.807, 2.05) is 18.9 Å². The lowest BCUT2D eigenvalue weighted by atomic mass is 9.71. The number of ether oxygens (including phenoxy) is 1. The van der Waals surface area contributed by atoms with Gasteiger partial charge in [0.15, 0.2) is 0 Å². The van der Waals surface area contributed by atoms with Crippen molar-refractivity contribution in [2.45, 2.75) is 51.6 Å². The van der Waals surface area contributed by atoms with Gasteiger partial charge in [0, 0.05) is 53.1 Å². The average molecular weight is 416 g/mol. The van der Waals surface area contributed by atoms with E-state index in [9.17, 15) is 9.59 Å². The number of carbonyl (C=O) groups excluding carboxylic acids is 2. The molecule has 0 bridgehead atoms. The predicted octanol–water partition coefficient (Wildman–Crippen LogP) is 1.87. The van der Waals surface area contributed by atoms with Crippen LogP contribution in [-0.2, 0) is 9.53 Å². The van der Waals surface area contributed by atoms with Gasteiger partial charge in [-0.2, -0.15) is 0 Å². The molecular formula is C22H33N5O3. The van der Waals surface area contributed by atoms with Crippen molar-refractivity contribution in [2.75, 3.05) is 51.8 Å². The number of likely N-dealkylation sites (tertiary alicyclic amines) is 2. The van der Waals surface area contributed by atoms with Gasteiger partial charge in [0.05, 0.1) is 22.8 Å². The van der Waals surface area contributed by atoms with Crippen molar-refractivity contribution >= 4 is 17.8 Å². The molecule has 1 spiro atoms. The highest BCUT2D eigenvalue weighted by molar-refractivity contribution is 5.95. The van der Waals surface area contributed by atoms with Crippen molar-refractivity contribution in [1.82, 2.24) is 19.8 Å². The Bertz CT molecular complexity index is 800. The summed E-state index contributed by atoms with van der Waals surface area (Å²) < 4.78 is 5.56. The van der Waals surface area contributed by atoms with Gasteiger partial charge in [-0.25, -0.2) is 9.97 Å². The minimum Gasteiger partial charge on any atom is -0.380 e. The highest BCUT2D eigenvalue weighted by atomic mass is 16.5. The number of likely N-dealkylation sites (N-methyl/N-ethyl adjacent to an activating group) is 1. The largest absolute Gasteiger partial charge is 0.380 e. The van der Waals surface area contributed by atoms with Crippen molar-refractivity contribution in [2.24, 2.45) is 5.41 Å². The lowest BCUT2D eigenvalue weighted by Crippen LogP contribution is -2.57. The second kappa shape index (κ2) is 8.49. The summed E-state index contributed by atoms with van der Waals surface area (Å²) >= 11 is 0. The maximum Gasteiger partial charge on any atom is 0.257 e. The number of amides is 2. The third kappa shape index (κ3) is 3.89. The molecule has 0 aliphatic carbocycles. The van der Waals surface area contributed by atoms with Crippen LogP contribution in [0.5, 0.6) is 0 Å². The second-order valence-electron chi connectivity index (χ2n) is 9.04. The number of hydrogen-bond acceptors (Lipinski definition) is 6. The first-order valence-electron chi connectivity index (χ1n) is 11.1. The van der Waals surface area contributed by atoms with Crippen molar-refractivity contribution in [1.29, 1.82) is 0 Å². The Hall–Kier alpha value is -2.22. The predicted molar refractivity (Wildman–Crippen MR) is 113 cm³/mol. The van der Waals surface area contributed by atoms with Gasteiger partial charge in [0.1, 0.15) is 0 Å². The van der Waals surface area contributed by atoms with Gasteiger partial charge in [-0.3, -0.25) is 9.59 Å². The zero-order valence-corrected chi connectivity index (χ0v) is 18.4. The minimum atomic E-state index is -0.409. The molecule has 0 saturated carbocycles. The molecule has 1 unspecified atom stereocenters. The van der Waals surface area contributed by atoms with Gasteiger partial charge in [0.25, 0.3) is 5.91 Å². The number of hydrogen-bond donors (Lipinski definition) is 0. The zero-order valence-electron chi connectivity index (χ0n) is 18.4. The van der Waals surface area contributed by atoms with E-state index in [1.165, 1.54) is 6.42 Å². The van der Waals surface area contributed by atoms with Crippen LogP contribution in [0.15, 0.2) is 6.20 Å². The summed E-state index contributed by atoms with van der Waals surface area (Å²) in [6.45, 7) is 5.62. The Labute approximate surface area is 178 Å². The van der Waals surface area contributed by atoms with Gasteiger partial charge < -0.3 is 19.4 Å². The van der Waals surface area contributed by atoms with E-state index in [-0.39, 0.29) is 17.9 Å². The second-order valence-corrected chi connectivity index (χ2v) is 9.04. The summed E-state index contributed by atoms with van der Waals surface area (Å²) in [6, 6.07) is 0. The third-order valence-corrected chi connectivity index (χ3v) is 7.07. The van der Waals surface area contributed by atoms with Crippen molar-refractivity contribution in [3.05, 3.63) is 17.5 Å². The van der Waals surface area contributed by atoms with Crippen LogP contribution in [0, 0.1) is 12.3 Å². The molecule has 1 atom stereocenters. The van der Waals surface area contributed by atoms with E-state index < -0.39 is 5.41 Å². The van der Waals surface area contributed by atoms with Crippen molar-refractivity contribution < 1.29 is 14.3 Å². The molecule has 0 aromatic carbocycles. The van der Waals surface area contributed by atoms with Crippen LogP contribution in [-0.4, -0.2) is 84.6 Å². The number of piperidine rings is 3. The monoisotopic (exact) mass is 415 g/mol. The lowest BCUT2D eigenvalue weighted by Gasteiger charge is -2.47. The Morgan fingerprint density at radius 3 is 2.50 bits per heavy atom. The number of carbonyl (C=O) groups is 2. The first kappa shape index (κ1) is 21.0. The lowest BCUT2D eigenvalue weighted by molar-refractivity contribution is -0.155. The summed E-state index contributed by atoms with van der Waals surface area (Å²) in [5.41, 5.74) is 0.881. The summed E-state index contributed by atoms with van der Waals surface area (Å²) in [5, 5.41) is 0. The van der Waals surface area contributed by atoms with Gasteiger partial charge in [-0.15, -0.1) is 0 Å². The fraction of sp³-hybridized carbons (Fsp3) is 0.727. The minimum absolute atomic E-state index is 0.0348. The van der Waals surface area contributed by atoms with Gasteiger partial charge in [-0.05, 0) is 45.4 Å². The first-order valence-corrected chi connectivity index (χ1v) is 11.1. The quantitative estimate of drug-likeness (QED) is 0.750. The number of nitrogens with zero attached hydrogens (tertiary/aromatic N) is 5. The molecule has 0 radical (unpaired) electrons. The first-order chi connectivity index (χ1) is 14.4. The zero-order chi connectivity index (χ0) is 21.3. The summed E-state index contributed by atoms with van der Waals surface area (Å²) in [4.78, 5) is 41.0. The SMILES string of the molecule is COC1CN(C)C(=O)C2(CCN(C(=O)c3cnc(N4CCCCC4)nc3C)CC2)C1. The van der Waals surface area contributed by atoms with Crippen LogP contribution in [0.2, 0.25) is 0 Å². The molecule has 30 heavy (non-hydrogen) atoms. The van der Waals surface area contributed by atoms with Crippen LogP contribution in [0.3, 0.4) is 0 Å². The van der Waals surface area contributed by atoms with Crippen molar-refractivity contribution in [3.63, 3.8) is 0 Å². The number of aromatic nitrogens is 2. The number of methoxy groups -OCH3 is 1. The molecule has 3 saturated heterocycles. The molecule has 4 heterocycles. The fourth-order valence-corrected chi connectivity index (χ4v) is 5.18. The van der Waals surface area contributed by atoms with Crippen LogP contribution < -0.4 is 4.90 Å². The fourth-order valence-electron chi connectivity index (χ4n) is 5.18. The molecular weight excluding hydrogens is 382 g/mol. The molecule has 3 fully saturated rings. The highest BCUT2D eigenvalue weighted by Gasteiger charge is 2.48. The van der Waals surface area contributed by atoms with E-state index in [4.69, 9.17) is 4.74 Å². The van der Waals surface area contributed by atoms with Crippen LogP contribution in [0.4, 0.5) is 5.95 Å². The summed E-state index contributed by atoms with van der Waals surface area (Å²) in [6.07, 6.45) is 7.41. The molecule has 1 aromatic rings. The average Bonchev–Trinajstić information content (AvgIpc) is 2.78. The summed E-state index contributed by atoms with van der Waals surface area (Å²) in [7, 11) is 3.55. The van der Waals surface area contributed by atoms with Gasteiger partial charge in [-0.1, -0.05) is 0 Å². The highest BCUT2D eigenvalue weighted by Crippen LogP contribution is 2.41. The third-order valence-electron chi connectivity index (χ3n) is 7.07. The van der Waals surface area contributed by atoms with Gasteiger partial charge >= 0.3 is 0 Å². The maximum atomic E-state index is 13.2. The van der Waals surface area contributed by atoms with E-state index >= 15 is 0 Å². The molecule has 4 rings (SSSR count). The van der Waals surface area contributed by atoms with Crippen LogP contribution >= 0.6 is 0 Å².